The molecule has 1 aromatic carbocycles. The van der Waals surface area contributed by atoms with Crippen LogP contribution in [0.15, 0.2) is 18.3 Å². The molecule has 16 heteroatoms. The van der Waals surface area contributed by atoms with Crippen LogP contribution >= 0.6 is 11.8 Å². The number of aliphatic hydroxyl groups excluding tert-OH is 3. The molecule has 2 aliphatic rings. The number of carbonyl (C=O) groups is 1. The molecule has 1 aliphatic heterocycles. The highest BCUT2D eigenvalue weighted by Crippen LogP contribution is 2.52. The summed E-state index contributed by atoms with van der Waals surface area (Å²) in [5, 5.41) is 48.7. The van der Waals surface area contributed by atoms with Crippen LogP contribution in [0.5, 0.6) is 0 Å². The number of alkyl halides is 2. The largest absolute Gasteiger partial charge is 0.394 e. The Morgan fingerprint density at radius 2 is 1.85 bits per heavy atom. The van der Waals surface area contributed by atoms with Gasteiger partial charge in [0.1, 0.15) is 40.7 Å². The number of hydrogen-bond donors (Lipinski definition) is 4. The molecule has 216 valence electrons. The monoisotopic (exact) mass is 582 g/mol. The third-order valence-electron chi connectivity index (χ3n) is 6.91. The Labute approximate surface area is 223 Å². The molecule has 1 aliphatic carbocycles. The maximum absolute atomic E-state index is 13.7. The standard InChI is InChI=1S/C23H27F5N4O6S/c1-3-31(2)20(36)19(22(37)8-23(27,28)9-22)39-21-18(35)16(17(34)14(7-33)38-21)32-6-13(29-30-32)10-4-11(24)15(26)12(25)5-10/h4-6,14,16-19,21,33-35,37H,3,7-9H2,1-2H3/t14-,16+,17+,18-,19-,21+/m1/s1. The second-order valence-electron chi connectivity index (χ2n) is 9.72. The van der Waals surface area contributed by atoms with Crippen LogP contribution < -0.4 is 0 Å². The Hall–Kier alpha value is -2.37. The third-order valence-corrected chi connectivity index (χ3v) is 8.48. The number of benzene rings is 1. The number of carbonyl (C=O) groups excluding carboxylic acids is 1. The first-order chi connectivity index (χ1) is 18.2. The van der Waals surface area contributed by atoms with Crippen molar-refractivity contribution in [3.05, 3.63) is 35.8 Å². The van der Waals surface area contributed by atoms with E-state index in [4.69, 9.17) is 4.74 Å². The van der Waals surface area contributed by atoms with E-state index in [0.29, 0.717) is 23.9 Å². The van der Waals surface area contributed by atoms with Crippen molar-refractivity contribution in [3.63, 3.8) is 0 Å². The fraction of sp³-hybridized carbons (Fsp3) is 0.609. The Morgan fingerprint density at radius 1 is 1.23 bits per heavy atom. The molecule has 1 saturated heterocycles. The minimum absolute atomic E-state index is 0.146. The van der Waals surface area contributed by atoms with Gasteiger partial charge in [-0.05, 0) is 19.1 Å². The summed E-state index contributed by atoms with van der Waals surface area (Å²) in [4.78, 5) is 14.3. The van der Waals surface area contributed by atoms with Crippen LogP contribution in [-0.4, -0.2) is 107 Å². The fourth-order valence-corrected chi connectivity index (χ4v) is 6.20. The molecule has 1 aromatic heterocycles. The number of ether oxygens (including phenoxy) is 1. The molecule has 4 rings (SSSR count). The molecule has 39 heavy (non-hydrogen) atoms. The van der Waals surface area contributed by atoms with E-state index in [0.717, 1.165) is 10.9 Å². The Kier molecular flexibility index (Phi) is 8.27. The summed E-state index contributed by atoms with van der Waals surface area (Å²) >= 11 is 0.566. The molecule has 10 nitrogen and oxygen atoms in total. The van der Waals surface area contributed by atoms with Crippen molar-refractivity contribution in [1.29, 1.82) is 0 Å². The van der Waals surface area contributed by atoms with Crippen molar-refractivity contribution in [2.45, 2.75) is 66.3 Å². The highest BCUT2D eigenvalue weighted by Gasteiger charge is 2.63. The summed E-state index contributed by atoms with van der Waals surface area (Å²) in [5.41, 5.74) is -3.89. The van der Waals surface area contributed by atoms with Crippen LogP contribution in [0.2, 0.25) is 0 Å². The minimum Gasteiger partial charge on any atom is -0.394 e. The zero-order chi connectivity index (χ0) is 28.9. The summed E-state index contributed by atoms with van der Waals surface area (Å²) < 4.78 is 74.8. The summed E-state index contributed by atoms with van der Waals surface area (Å²) in [6, 6.07) is -0.0512. The molecule has 2 fully saturated rings. The summed E-state index contributed by atoms with van der Waals surface area (Å²) in [6.07, 6.45) is -5.52. The average Bonchev–Trinajstić information content (AvgIpc) is 3.34. The van der Waals surface area contributed by atoms with Crippen molar-refractivity contribution in [3.8, 4) is 11.3 Å². The number of nitrogens with zero attached hydrogens (tertiary/aromatic N) is 4. The molecule has 6 atom stereocenters. The van der Waals surface area contributed by atoms with Gasteiger partial charge in [0, 0.05) is 32.0 Å². The molecule has 0 radical (unpaired) electrons. The predicted octanol–water partition coefficient (Wildman–Crippen LogP) is 1.08. The highest BCUT2D eigenvalue weighted by atomic mass is 32.2. The van der Waals surface area contributed by atoms with Crippen LogP contribution in [0, 0.1) is 17.5 Å². The molecule has 2 heterocycles. The molecule has 2 aromatic rings. The fourth-order valence-electron chi connectivity index (χ4n) is 4.69. The first-order valence-electron chi connectivity index (χ1n) is 11.9. The predicted molar refractivity (Wildman–Crippen MR) is 126 cm³/mol. The highest BCUT2D eigenvalue weighted by molar-refractivity contribution is 8.01. The minimum atomic E-state index is -3.19. The summed E-state index contributed by atoms with van der Waals surface area (Å²) in [5.74, 6) is -8.52. The van der Waals surface area contributed by atoms with Crippen LogP contribution in [0.1, 0.15) is 25.8 Å². The van der Waals surface area contributed by atoms with Crippen LogP contribution in [0.4, 0.5) is 22.0 Å². The zero-order valence-corrected chi connectivity index (χ0v) is 21.5. The van der Waals surface area contributed by atoms with Gasteiger partial charge in [-0.1, -0.05) is 5.21 Å². The van der Waals surface area contributed by atoms with Crippen molar-refractivity contribution < 1.29 is 51.9 Å². The van der Waals surface area contributed by atoms with E-state index in [1.807, 2.05) is 0 Å². The Balaban J connectivity index is 1.64. The second-order valence-corrected chi connectivity index (χ2v) is 10.9. The van der Waals surface area contributed by atoms with Crippen molar-refractivity contribution in [2.24, 2.45) is 0 Å². The Bertz CT molecular complexity index is 1190. The maximum atomic E-state index is 13.7. The molecule has 1 saturated carbocycles. The number of thioether (sulfide) groups is 1. The van der Waals surface area contributed by atoms with Crippen molar-refractivity contribution >= 4 is 17.7 Å². The van der Waals surface area contributed by atoms with E-state index < -0.39 is 89.4 Å². The smallest absolute Gasteiger partial charge is 0.253 e. The quantitative estimate of drug-likeness (QED) is 0.266. The number of rotatable bonds is 8. The molecule has 0 spiro atoms. The number of aliphatic hydroxyl groups is 4. The van der Waals surface area contributed by atoms with Gasteiger partial charge in [0.15, 0.2) is 17.5 Å². The van der Waals surface area contributed by atoms with Crippen molar-refractivity contribution in [1.82, 2.24) is 19.9 Å². The number of halogens is 5. The SMILES string of the molecule is CCN(C)C(=O)[C@@H](S[C@@H]1O[C@H](CO)[C@H](O)[C@H](n2cc(-c3cc(F)c(F)c(F)c3)nn2)[C@H]1O)C1(O)CC(F)(F)C1. The van der Waals surface area contributed by atoms with Crippen LogP contribution in [-0.2, 0) is 9.53 Å². The van der Waals surface area contributed by atoms with Gasteiger partial charge in [0.25, 0.3) is 5.92 Å². The molecular weight excluding hydrogens is 555 g/mol. The summed E-state index contributed by atoms with van der Waals surface area (Å²) in [7, 11) is 1.41. The van der Waals surface area contributed by atoms with Gasteiger partial charge in [0.05, 0.1) is 18.4 Å². The lowest BCUT2D eigenvalue weighted by molar-refractivity contribution is -0.206. The molecular formula is C23H27F5N4O6S. The number of hydrogen-bond acceptors (Lipinski definition) is 9. The van der Waals surface area contributed by atoms with Gasteiger partial charge in [-0.3, -0.25) is 4.79 Å². The van der Waals surface area contributed by atoms with Crippen LogP contribution in [0.3, 0.4) is 0 Å². The topological polar surface area (TPSA) is 141 Å². The zero-order valence-electron chi connectivity index (χ0n) is 20.7. The van der Waals surface area contributed by atoms with E-state index in [1.165, 1.54) is 11.9 Å². The maximum Gasteiger partial charge on any atom is 0.253 e. The van der Waals surface area contributed by atoms with Gasteiger partial charge >= 0.3 is 0 Å². The lowest BCUT2D eigenvalue weighted by Crippen LogP contribution is -2.63. The second kappa shape index (κ2) is 10.9. The van der Waals surface area contributed by atoms with E-state index in [9.17, 15) is 47.2 Å². The van der Waals surface area contributed by atoms with Crippen LogP contribution in [0.25, 0.3) is 11.3 Å². The third kappa shape index (κ3) is 5.63. The van der Waals surface area contributed by atoms with Gasteiger partial charge in [-0.2, -0.15) is 0 Å². The average molecular weight is 583 g/mol. The van der Waals surface area contributed by atoms with Gasteiger partial charge in [-0.25, -0.2) is 26.6 Å². The molecule has 1 amide bonds. The van der Waals surface area contributed by atoms with Gasteiger partial charge in [-0.15, -0.1) is 16.9 Å². The number of amides is 1. The van der Waals surface area contributed by atoms with E-state index in [1.54, 1.807) is 6.92 Å². The first kappa shape index (κ1) is 29.6. The lowest BCUT2D eigenvalue weighted by Gasteiger charge is -2.49. The molecule has 0 unspecified atom stereocenters. The Morgan fingerprint density at radius 3 is 2.38 bits per heavy atom. The molecule has 4 N–H and O–H groups in total. The van der Waals surface area contributed by atoms with E-state index in [2.05, 4.69) is 10.3 Å². The molecule has 0 bridgehead atoms. The first-order valence-corrected chi connectivity index (χ1v) is 12.9. The lowest BCUT2D eigenvalue weighted by atomic mass is 9.74. The van der Waals surface area contributed by atoms with Crippen molar-refractivity contribution in [2.75, 3.05) is 20.2 Å². The van der Waals surface area contributed by atoms with Gasteiger partial charge < -0.3 is 30.1 Å². The summed E-state index contributed by atoms with van der Waals surface area (Å²) in [6.45, 7) is 1.08. The van der Waals surface area contributed by atoms with E-state index >= 15 is 0 Å². The van der Waals surface area contributed by atoms with Gasteiger partial charge in [0.2, 0.25) is 5.91 Å². The normalized spacial score (nSPS) is 28.5. The number of aromatic nitrogens is 3. The van der Waals surface area contributed by atoms with E-state index in [-0.39, 0.29) is 17.8 Å².